The molecule has 42 heavy (non-hydrogen) atoms. The first-order valence-electron chi connectivity index (χ1n) is 12.8. The molecule has 3 aromatic carbocycles. The summed E-state index contributed by atoms with van der Waals surface area (Å²) in [5, 5.41) is 0. The van der Waals surface area contributed by atoms with Gasteiger partial charge in [0.15, 0.2) is 69.8 Å². The van der Waals surface area contributed by atoms with E-state index in [9.17, 15) is 52.7 Å². The highest BCUT2D eigenvalue weighted by Gasteiger charge is 2.35. The van der Waals surface area contributed by atoms with Crippen LogP contribution in [0, 0.1) is 69.8 Å². The summed E-state index contributed by atoms with van der Waals surface area (Å²) in [5.74, 6) is -24.4. The van der Waals surface area contributed by atoms with E-state index >= 15 is 0 Å². The lowest BCUT2D eigenvalue weighted by Gasteiger charge is -2.17. The van der Waals surface area contributed by atoms with Crippen LogP contribution < -0.4 is 0 Å². The monoisotopic (exact) mass is 616 g/mol. The van der Waals surface area contributed by atoms with Crippen LogP contribution in [0.3, 0.4) is 0 Å². The van der Waals surface area contributed by atoms with Gasteiger partial charge in [0.25, 0.3) is 0 Å². The van der Waals surface area contributed by atoms with Crippen molar-refractivity contribution in [3.63, 3.8) is 0 Å². The average Bonchev–Trinajstić information content (AvgIpc) is 2.87. The van der Waals surface area contributed by atoms with Gasteiger partial charge in [0.1, 0.15) is 0 Å². The molecule has 232 valence electrons. The smallest absolute Gasteiger partial charge is 0.170 e. The van der Waals surface area contributed by atoms with Crippen molar-refractivity contribution in [2.24, 2.45) is 0 Å². The minimum atomic E-state index is -2.14. The van der Waals surface area contributed by atoms with Crippen molar-refractivity contribution in [3.05, 3.63) is 92.1 Å². The molecule has 0 aromatic heterocycles. The highest BCUT2D eigenvalue weighted by Crippen LogP contribution is 2.40. The predicted molar refractivity (Wildman–Crippen MR) is 134 cm³/mol. The second-order valence-electron chi connectivity index (χ2n) is 10.8. The van der Waals surface area contributed by atoms with Crippen LogP contribution in [0.1, 0.15) is 101 Å². The maximum atomic E-state index is 14.3. The molecule has 0 bridgehead atoms. The van der Waals surface area contributed by atoms with E-state index in [2.05, 4.69) is 0 Å². The van der Waals surface area contributed by atoms with E-state index in [0.29, 0.717) is 0 Å². The first-order chi connectivity index (χ1) is 19.2. The molecule has 0 aliphatic carbocycles. The summed E-state index contributed by atoms with van der Waals surface area (Å²) in [6.07, 6.45) is 0. The summed E-state index contributed by atoms with van der Waals surface area (Å²) in [4.78, 5) is 0. The maximum absolute atomic E-state index is 14.3. The summed E-state index contributed by atoms with van der Waals surface area (Å²) in [6.45, 7) is 10.9. The SMILES string of the molecule is CC(C)c1c(F)c(F)c(-c2c(F)c(F)c(C(C)C)c(F)c2F)c(F)c1F.CC(C)c1c(F)c(F)c(C(C)C)c(F)c1F. The predicted octanol–water partition coefficient (Wildman–Crippen LogP) is 11.2. The normalized spacial score (nSPS) is 11.7. The fourth-order valence-corrected chi connectivity index (χ4v) is 4.43. The summed E-state index contributed by atoms with van der Waals surface area (Å²) in [7, 11) is 0. The summed E-state index contributed by atoms with van der Waals surface area (Å²) >= 11 is 0. The van der Waals surface area contributed by atoms with Crippen LogP contribution in [-0.2, 0) is 0 Å². The zero-order valence-electron chi connectivity index (χ0n) is 23.8. The molecule has 0 heterocycles. The Kier molecular flexibility index (Phi) is 10.8. The minimum absolute atomic E-state index is 0.528. The molecule has 0 nitrogen and oxygen atoms in total. The van der Waals surface area contributed by atoms with Crippen LogP contribution in [-0.4, -0.2) is 0 Å². The molecule has 0 radical (unpaired) electrons. The molecule has 0 N–H and O–H groups in total. The molecule has 0 aliphatic rings. The molecule has 3 aromatic rings. The summed E-state index contributed by atoms with van der Waals surface area (Å²) < 4.78 is 168. The van der Waals surface area contributed by atoms with E-state index in [1.54, 1.807) is 0 Å². The van der Waals surface area contributed by atoms with Crippen LogP contribution in [0.25, 0.3) is 11.1 Å². The van der Waals surface area contributed by atoms with Gasteiger partial charge in [0.2, 0.25) is 0 Å². The molecule has 0 fully saturated rings. The van der Waals surface area contributed by atoms with E-state index in [1.165, 1.54) is 55.4 Å². The average molecular weight is 617 g/mol. The third-order valence-corrected chi connectivity index (χ3v) is 6.49. The Morgan fingerprint density at radius 3 is 0.476 bits per heavy atom. The standard InChI is InChI=1S/C18H14F8.C12H14F4/c1-5(2)7-11(19)15(23)9(16(24)12(7)20)10-17(25)13(21)8(6(3)4)14(22)18(10)26;1-5(2)7-9(13)11(15)8(6(3)4)12(16)10(7)14/h5-6H,1-4H3;5-6H,1-4H3. The largest absolute Gasteiger partial charge is 0.203 e. The van der Waals surface area contributed by atoms with Gasteiger partial charge in [-0.15, -0.1) is 0 Å². The lowest BCUT2D eigenvalue weighted by molar-refractivity contribution is 0.414. The lowest BCUT2D eigenvalue weighted by atomic mass is 9.92. The summed E-state index contributed by atoms with van der Waals surface area (Å²) in [6, 6.07) is 0. The number of rotatable bonds is 5. The quantitative estimate of drug-likeness (QED) is 0.198. The Morgan fingerprint density at radius 2 is 0.357 bits per heavy atom. The van der Waals surface area contributed by atoms with Crippen LogP contribution >= 0.6 is 0 Å². The third kappa shape index (κ3) is 5.99. The number of hydrogen-bond donors (Lipinski definition) is 0. The number of benzene rings is 3. The Hall–Kier alpha value is -3.18. The van der Waals surface area contributed by atoms with E-state index < -0.39 is 127 Å². The molecule has 0 spiro atoms. The van der Waals surface area contributed by atoms with E-state index in [1.807, 2.05) is 0 Å². The Bertz CT molecular complexity index is 1300. The molecular formula is C30H28F12. The van der Waals surface area contributed by atoms with Crippen LogP contribution in [0.5, 0.6) is 0 Å². The van der Waals surface area contributed by atoms with Gasteiger partial charge in [0, 0.05) is 22.3 Å². The highest BCUT2D eigenvalue weighted by atomic mass is 19.2. The Balaban J connectivity index is 0.000000330. The van der Waals surface area contributed by atoms with Crippen molar-refractivity contribution in [3.8, 4) is 11.1 Å². The molecule has 0 saturated heterocycles. The first kappa shape index (κ1) is 35.0. The fraction of sp³-hybridized carbons (Fsp3) is 0.400. The molecule has 0 unspecified atom stereocenters. The van der Waals surface area contributed by atoms with Crippen molar-refractivity contribution in [2.75, 3.05) is 0 Å². The second kappa shape index (κ2) is 13.0. The molecule has 3 rings (SSSR count). The second-order valence-corrected chi connectivity index (χ2v) is 10.8. The number of hydrogen-bond acceptors (Lipinski definition) is 0. The zero-order valence-corrected chi connectivity index (χ0v) is 23.8. The topological polar surface area (TPSA) is 0 Å². The molecule has 12 heteroatoms. The van der Waals surface area contributed by atoms with Gasteiger partial charge in [-0.05, 0) is 23.7 Å². The third-order valence-electron chi connectivity index (χ3n) is 6.49. The zero-order chi connectivity index (χ0) is 32.7. The van der Waals surface area contributed by atoms with Crippen LogP contribution in [0.2, 0.25) is 0 Å². The van der Waals surface area contributed by atoms with Crippen molar-refractivity contribution in [2.45, 2.75) is 79.1 Å². The first-order valence-corrected chi connectivity index (χ1v) is 12.8. The highest BCUT2D eigenvalue weighted by molar-refractivity contribution is 5.68. The van der Waals surface area contributed by atoms with Crippen LogP contribution in [0.15, 0.2) is 0 Å². The molecular weight excluding hydrogens is 588 g/mol. The van der Waals surface area contributed by atoms with Crippen molar-refractivity contribution < 1.29 is 52.7 Å². The van der Waals surface area contributed by atoms with Gasteiger partial charge < -0.3 is 0 Å². The Morgan fingerprint density at radius 1 is 0.238 bits per heavy atom. The van der Waals surface area contributed by atoms with Crippen molar-refractivity contribution in [1.29, 1.82) is 0 Å². The van der Waals surface area contributed by atoms with Gasteiger partial charge in [-0.25, -0.2) is 52.7 Å². The molecule has 0 amide bonds. The summed E-state index contributed by atoms with van der Waals surface area (Å²) in [5.41, 5.74) is -6.70. The van der Waals surface area contributed by atoms with Gasteiger partial charge in [0.05, 0.1) is 11.1 Å². The van der Waals surface area contributed by atoms with Gasteiger partial charge >= 0.3 is 0 Å². The molecule has 0 saturated carbocycles. The lowest BCUT2D eigenvalue weighted by Crippen LogP contribution is -2.12. The number of halogens is 12. The minimum Gasteiger partial charge on any atom is -0.203 e. The Labute approximate surface area is 235 Å². The maximum Gasteiger partial charge on any atom is 0.170 e. The van der Waals surface area contributed by atoms with Crippen LogP contribution in [0.4, 0.5) is 52.7 Å². The fourth-order valence-electron chi connectivity index (χ4n) is 4.43. The van der Waals surface area contributed by atoms with Gasteiger partial charge in [-0.2, -0.15) is 0 Å². The molecule has 0 aliphatic heterocycles. The van der Waals surface area contributed by atoms with Crippen molar-refractivity contribution >= 4 is 0 Å². The van der Waals surface area contributed by atoms with Crippen molar-refractivity contribution in [1.82, 2.24) is 0 Å². The van der Waals surface area contributed by atoms with E-state index in [0.717, 1.165) is 0 Å². The molecule has 0 atom stereocenters. The van der Waals surface area contributed by atoms with E-state index in [4.69, 9.17) is 0 Å². The van der Waals surface area contributed by atoms with E-state index in [-0.39, 0.29) is 0 Å². The van der Waals surface area contributed by atoms with Gasteiger partial charge in [-0.1, -0.05) is 55.4 Å². The van der Waals surface area contributed by atoms with Gasteiger partial charge in [-0.3, -0.25) is 0 Å².